The monoisotopic (exact) mass is 290 g/mol. The van der Waals surface area contributed by atoms with E-state index in [2.05, 4.69) is 47.0 Å². The Morgan fingerprint density at radius 2 is 1.90 bits per heavy atom. The summed E-state index contributed by atoms with van der Waals surface area (Å²) in [5.74, 6) is 0.289. The topological polar surface area (TPSA) is 65.1 Å². The molecule has 1 fully saturated rings. The second kappa shape index (κ2) is 6.91. The predicted octanol–water partition coefficient (Wildman–Crippen LogP) is 1.56. The first kappa shape index (κ1) is 15.8. The molecule has 1 heterocycles. The summed E-state index contributed by atoms with van der Waals surface area (Å²) in [7, 11) is 0. The summed E-state index contributed by atoms with van der Waals surface area (Å²) >= 11 is 0. The third kappa shape index (κ3) is 3.95. The van der Waals surface area contributed by atoms with Crippen molar-refractivity contribution >= 4 is 5.84 Å². The molecule has 1 aromatic carbocycles. The van der Waals surface area contributed by atoms with Crippen LogP contribution in [0.3, 0.4) is 0 Å². The van der Waals surface area contributed by atoms with Crippen molar-refractivity contribution in [3.63, 3.8) is 0 Å². The summed E-state index contributed by atoms with van der Waals surface area (Å²) in [5.41, 5.74) is 9.75. The molecule has 116 valence electrons. The van der Waals surface area contributed by atoms with Crippen LogP contribution in [-0.4, -0.2) is 53.1 Å². The first-order valence-corrected chi connectivity index (χ1v) is 7.51. The van der Waals surface area contributed by atoms with E-state index in [1.54, 1.807) is 0 Å². The Hall–Kier alpha value is -1.59. The minimum atomic E-state index is -0.00114. The summed E-state index contributed by atoms with van der Waals surface area (Å²) in [5, 5.41) is 11.9. The van der Waals surface area contributed by atoms with Gasteiger partial charge in [-0.25, -0.2) is 0 Å². The zero-order valence-corrected chi connectivity index (χ0v) is 13.2. The summed E-state index contributed by atoms with van der Waals surface area (Å²) in [6.45, 7) is 11.2. The maximum absolute atomic E-state index is 8.76. The number of nitrogens with two attached hydrogens (primary N) is 1. The van der Waals surface area contributed by atoms with Crippen molar-refractivity contribution in [2.45, 2.75) is 33.4 Å². The van der Waals surface area contributed by atoms with Crippen LogP contribution >= 0.6 is 0 Å². The molecule has 1 atom stereocenters. The Kier molecular flexibility index (Phi) is 5.20. The van der Waals surface area contributed by atoms with E-state index < -0.39 is 0 Å². The molecule has 5 nitrogen and oxygen atoms in total. The third-order valence-corrected chi connectivity index (χ3v) is 4.48. The van der Waals surface area contributed by atoms with E-state index >= 15 is 0 Å². The highest BCUT2D eigenvalue weighted by Crippen LogP contribution is 2.14. The quantitative estimate of drug-likeness (QED) is 0.382. The summed E-state index contributed by atoms with van der Waals surface area (Å²) in [4.78, 5) is 4.71. The highest BCUT2D eigenvalue weighted by atomic mass is 16.4. The van der Waals surface area contributed by atoms with Crippen LogP contribution in [0.5, 0.6) is 0 Å². The molecular formula is C16H26N4O. The SMILES string of the molecule is Cc1ccc(CN2CCN(C(C)C(N)=NO)CC2)cc1C. The van der Waals surface area contributed by atoms with Crippen LogP contribution in [0.2, 0.25) is 0 Å². The third-order valence-electron chi connectivity index (χ3n) is 4.48. The van der Waals surface area contributed by atoms with Gasteiger partial charge in [-0.15, -0.1) is 0 Å². The molecule has 5 heteroatoms. The van der Waals surface area contributed by atoms with Crippen LogP contribution in [0.1, 0.15) is 23.6 Å². The van der Waals surface area contributed by atoms with Crippen LogP contribution in [-0.2, 0) is 6.54 Å². The lowest BCUT2D eigenvalue weighted by molar-refractivity contribution is 0.116. The first-order chi connectivity index (χ1) is 10.0. The van der Waals surface area contributed by atoms with Crippen LogP contribution in [0.25, 0.3) is 0 Å². The molecule has 1 aromatic rings. The minimum absolute atomic E-state index is 0.00114. The van der Waals surface area contributed by atoms with Crippen molar-refractivity contribution in [1.82, 2.24) is 9.80 Å². The molecule has 0 saturated carbocycles. The Morgan fingerprint density at radius 3 is 2.48 bits per heavy atom. The lowest BCUT2D eigenvalue weighted by atomic mass is 10.1. The van der Waals surface area contributed by atoms with Crippen molar-refractivity contribution in [2.75, 3.05) is 26.2 Å². The Bertz CT molecular complexity index is 507. The van der Waals surface area contributed by atoms with Crippen molar-refractivity contribution in [3.8, 4) is 0 Å². The van der Waals surface area contributed by atoms with Crippen molar-refractivity contribution < 1.29 is 5.21 Å². The average molecular weight is 290 g/mol. The number of oxime groups is 1. The molecule has 0 bridgehead atoms. The van der Waals surface area contributed by atoms with Gasteiger partial charge in [0, 0.05) is 32.7 Å². The van der Waals surface area contributed by atoms with E-state index in [0.717, 1.165) is 32.7 Å². The van der Waals surface area contributed by atoms with Gasteiger partial charge in [-0.3, -0.25) is 9.80 Å². The number of hydrogen-bond acceptors (Lipinski definition) is 4. The molecular weight excluding hydrogens is 264 g/mol. The largest absolute Gasteiger partial charge is 0.409 e. The zero-order valence-electron chi connectivity index (χ0n) is 13.2. The maximum Gasteiger partial charge on any atom is 0.156 e. The predicted molar refractivity (Wildman–Crippen MR) is 85.6 cm³/mol. The second-order valence-corrected chi connectivity index (χ2v) is 5.93. The highest BCUT2D eigenvalue weighted by molar-refractivity contribution is 5.84. The van der Waals surface area contributed by atoms with Crippen molar-refractivity contribution in [2.24, 2.45) is 10.9 Å². The fourth-order valence-corrected chi connectivity index (χ4v) is 2.74. The van der Waals surface area contributed by atoms with Gasteiger partial charge in [0.2, 0.25) is 0 Å². The highest BCUT2D eigenvalue weighted by Gasteiger charge is 2.23. The van der Waals surface area contributed by atoms with Crippen LogP contribution in [0, 0.1) is 13.8 Å². The lowest BCUT2D eigenvalue weighted by Gasteiger charge is -2.37. The summed E-state index contributed by atoms with van der Waals surface area (Å²) in [6.07, 6.45) is 0. The number of rotatable bonds is 4. The lowest BCUT2D eigenvalue weighted by Crippen LogP contribution is -2.52. The van der Waals surface area contributed by atoms with E-state index in [1.807, 2.05) is 6.92 Å². The van der Waals surface area contributed by atoms with Gasteiger partial charge in [-0.2, -0.15) is 0 Å². The van der Waals surface area contributed by atoms with Gasteiger partial charge in [-0.1, -0.05) is 23.4 Å². The van der Waals surface area contributed by atoms with E-state index in [1.165, 1.54) is 16.7 Å². The van der Waals surface area contributed by atoms with Crippen molar-refractivity contribution in [3.05, 3.63) is 34.9 Å². The van der Waals surface area contributed by atoms with Crippen LogP contribution in [0.15, 0.2) is 23.4 Å². The molecule has 1 saturated heterocycles. The van der Waals surface area contributed by atoms with Gasteiger partial charge in [0.25, 0.3) is 0 Å². The summed E-state index contributed by atoms with van der Waals surface area (Å²) < 4.78 is 0. The number of hydrogen-bond donors (Lipinski definition) is 2. The molecule has 0 aliphatic carbocycles. The average Bonchev–Trinajstić information content (AvgIpc) is 2.50. The van der Waals surface area contributed by atoms with E-state index in [0.29, 0.717) is 0 Å². The van der Waals surface area contributed by atoms with E-state index in [4.69, 9.17) is 10.9 Å². The number of benzene rings is 1. The van der Waals surface area contributed by atoms with Gasteiger partial charge in [0.15, 0.2) is 5.84 Å². The molecule has 0 aromatic heterocycles. The van der Waals surface area contributed by atoms with Crippen LogP contribution < -0.4 is 5.73 Å². The molecule has 0 radical (unpaired) electrons. The molecule has 1 aliphatic heterocycles. The molecule has 3 N–H and O–H groups in total. The fourth-order valence-electron chi connectivity index (χ4n) is 2.74. The first-order valence-electron chi connectivity index (χ1n) is 7.51. The van der Waals surface area contributed by atoms with Gasteiger partial charge in [0.05, 0.1) is 6.04 Å². The van der Waals surface area contributed by atoms with Crippen LogP contribution in [0.4, 0.5) is 0 Å². The van der Waals surface area contributed by atoms with Crippen molar-refractivity contribution in [1.29, 1.82) is 0 Å². The van der Waals surface area contributed by atoms with E-state index in [-0.39, 0.29) is 11.9 Å². The smallest absolute Gasteiger partial charge is 0.156 e. The van der Waals surface area contributed by atoms with Gasteiger partial charge in [0.1, 0.15) is 0 Å². The fraction of sp³-hybridized carbons (Fsp3) is 0.562. The second-order valence-electron chi connectivity index (χ2n) is 5.93. The summed E-state index contributed by atoms with van der Waals surface area (Å²) in [6, 6.07) is 6.69. The zero-order chi connectivity index (χ0) is 15.4. The molecule has 0 spiro atoms. The Balaban J connectivity index is 1.88. The van der Waals surface area contributed by atoms with Gasteiger partial charge < -0.3 is 10.9 Å². The minimum Gasteiger partial charge on any atom is -0.409 e. The number of aryl methyl sites for hydroxylation is 2. The van der Waals surface area contributed by atoms with Gasteiger partial charge >= 0.3 is 0 Å². The number of amidine groups is 1. The normalized spacial score (nSPS) is 19.7. The van der Waals surface area contributed by atoms with Gasteiger partial charge in [-0.05, 0) is 37.5 Å². The Morgan fingerprint density at radius 1 is 1.24 bits per heavy atom. The molecule has 2 rings (SSSR count). The number of nitrogens with zero attached hydrogens (tertiary/aromatic N) is 3. The Labute approximate surface area is 127 Å². The standard InChI is InChI=1S/C16H26N4O/c1-12-4-5-15(10-13(12)2)11-19-6-8-20(9-7-19)14(3)16(17)18-21/h4-5,10,14,21H,6-9,11H2,1-3H3,(H2,17,18). The molecule has 21 heavy (non-hydrogen) atoms. The maximum atomic E-state index is 8.76. The molecule has 1 unspecified atom stereocenters. The van der Waals surface area contributed by atoms with E-state index in [9.17, 15) is 0 Å². The molecule has 0 amide bonds. The molecule has 1 aliphatic rings. The number of piperazine rings is 1.